The third-order valence-electron chi connectivity index (χ3n) is 2.94. The largest absolute Gasteiger partial charge is 0.301 e. The maximum absolute atomic E-state index is 12.0. The van der Waals surface area contributed by atoms with E-state index in [4.69, 9.17) is 0 Å². The molecule has 3 heterocycles. The first-order valence-corrected chi connectivity index (χ1v) is 8.28. The van der Waals surface area contributed by atoms with E-state index >= 15 is 0 Å². The zero-order chi connectivity index (χ0) is 13.4. The number of thiophene rings is 1. The van der Waals surface area contributed by atoms with E-state index in [2.05, 4.69) is 38.2 Å². The molecule has 0 spiro atoms. The maximum atomic E-state index is 12.0. The molecule has 0 bridgehead atoms. The summed E-state index contributed by atoms with van der Waals surface area (Å²) in [5.74, 6) is -0.0878. The number of carbonyl (C=O) groups is 1. The van der Waals surface area contributed by atoms with Gasteiger partial charge in [0.15, 0.2) is 5.13 Å². The fraction of sp³-hybridized carbons (Fsp3) is 0.333. The van der Waals surface area contributed by atoms with Crippen LogP contribution in [0.25, 0.3) is 0 Å². The standard InChI is InChI=1S/C12H12BrN3OS2/c1-16-5-4-7-9(6-16)19-12(14-7)15-11(17)8-2-3-10(13)18-8/h2-3H,4-6H2,1H3,(H,14,15,17). The van der Waals surface area contributed by atoms with E-state index in [1.165, 1.54) is 16.2 Å². The van der Waals surface area contributed by atoms with Crippen molar-refractivity contribution in [3.63, 3.8) is 0 Å². The molecular weight excluding hydrogens is 346 g/mol. The number of hydrogen-bond donors (Lipinski definition) is 1. The molecule has 1 amide bonds. The zero-order valence-corrected chi connectivity index (χ0v) is 13.5. The van der Waals surface area contributed by atoms with Crippen molar-refractivity contribution in [3.05, 3.63) is 31.4 Å². The zero-order valence-electron chi connectivity index (χ0n) is 10.3. The summed E-state index contributed by atoms with van der Waals surface area (Å²) in [6, 6.07) is 3.69. The van der Waals surface area contributed by atoms with Gasteiger partial charge >= 0.3 is 0 Å². The van der Waals surface area contributed by atoms with Crippen LogP contribution in [0, 0.1) is 0 Å². The first-order chi connectivity index (χ1) is 9.11. The van der Waals surface area contributed by atoms with E-state index in [0.29, 0.717) is 10.0 Å². The fourth-order valence-electron chi connectivity index (χ4n) is 1.97. The molecule has 0 saturated carbocycles. The number of fused-ring (bicyclic) bond motifs is 1. The summed E-state index contributed by atoms with van der Waals surface area (Å²) in [4.78, 5) is 20.8. The topological polar surface area (TPSA) is 45.2 Å². The average Bonchev–Trinajstić information content (AvgIpc) is 2.94. The smallest absolute Gasteiger partial charge is 0.267 e. The monoisotopic (exact) mass is 357 g/mol. The number of amides is 1. The molecule has 1 aliphatic rings. The molecule has 2 aromatic heterocycles. The highest BCUT2D eigenvalue weighted by Crippen LogP contribution is 2.29. The van der Waals surface area contributed by atoms with Gasteiger partial charge in [-0.05, 0) is 35.1 Å². The van der Waals surface area contributed by atoms with Gasteiger partial charge in [0.25, 0.3) is 5.91 Å². The molecule has 7 heteroatoms. The maximum Gasteiger partial charge on any atom is 0.267 e. The second kappa shape index (κ2) is 5.32. The van der Waals surface area contributed by atoms with Crippen LogP contribution in [0.3, 0.4) is 0 Å². The molecule has 0 radical (unpaired) electrons. The van der Waals surface area contributed by atoms with E-state index in [1.807, 2.05) is 12.1 Å². The number of aromatic nitrogens is 1. The summed E-state index contributed by atoms with van der Waals surface area (Å²) >= 11 is 6.36. The van der Waals surface area contributed by atoms with Crippen LogP contribution in [-0.4, -0.2) is 29.4 Å². The van der Waals surface area contributed by atoms with E-state index in [1.54, 1.807) is 11.3 Å². The van der Waals surface area contributed by atoms with Gasteiger partial charge in [-0.15, -0.1) is 22.7 Å². The highest BCUT2D eigenvalue weighted by Gasteiger charge is 2.19. The van der Waals surface area contributed by atoms with E-state index in [0.717, 1.165) is 29.0 Å². The van der Waals surface area contributed by atoms with Crippen LogP contribution < -0.4 is 5.32 Å². The Bertz CT molecular complexity index is 622. The molecule has 100 valence electrons. The van der Waals surface area contributed by atoms with Gasteiger partial charge < -0.3 is 4.90 Å². The van der Waals surface area contributed by atoms with Gasteiger partial charge in [-0.2, -0.15) is 0 Å². The average molecular weight is 358 g/mol. The van der Waals surface area contributed by atoms with Crippen molar-refractivity contribution >= 4 is 49.6 Å². The Morgan fingerprint density at radius 3 is 3.05 bits per heavy atom. The van der Waals surface area contributed by atoms with Crippen molar-refractivity contribution < 1.29 is 4.79 Å². The summed E-state index contributed by atoms with van der Waals surface area (Å²) in [6.45, 7) is 1.95. The van der Waals surface area contributed by atoms with Gasteiger partial charge in [-0.3, -0.25) is 10.1 Å². The van der Waals surface area contributed by atoms with Crippen molar-refractivity contribution in [2.45, 2.75) is 13.0 Å². The van der Waals surface area contributed by atoms with Gasteiger partial charge in [-0.1, -0.05) is 0 Å². The Morgan fingerprint density at radius 2 is 2.32 bits per heavy atom. The van der Waals surface area contributed by atoms with Crippen LogP contribution in [0.4, 0.5) is 5.13 Å². The van der Waals surface area contributed by atoms with Crippen LogP contribution in [-0.2, 0) is 13.0 Å². The molecule has 0 aliphatic carbocycles. The van der Waals surface area contributed by atoms with Crippen LogP contribution in [0.5, 0.6) is 0 Å². The molecule has 4 nitrogen and oxygen atoms in total. The summed E-state index contributed by atoms with van der Waals surface area (Å²) in [5, 5.41) is 3.59. The molecule has 0 unspecified atom stereocenters. The number of carbonyl (C=O) groups excluding carboxylic acids is 1. The lowest BCUT2D eigenvalue weighted by atomic mass is 10.2. The fourth-order valence-corrected chi connectivity index (χ4v) is 4.34. The Balaban J connectivity index is 1.75. The Labute approximate surface area is 127 Å². The first-order valence-electron chi connectivity index (χ1n) is 5.85. The molecule has 1 N–H and O–H groups in total. The number of nitrogens with one attached hydrogen (secondary N) is 1. The highest BCUT2D eigenvalue weighted by molar-refractivity contribution is 9.11. The second-order valence-corrected chi connectivity index (χ2v) is 7.98. The number of rotatable bonds is 2. The summed E-state index contributed by atoms with van der Waals surface area (Å²) < 4.78 is 0.956. The van der Waals surface area contributed by atoms with Crippen LogP contribution in [0.15, 0.2) is 15.9 Å². The van der Waals surface area contributed by atoms with Gasteiger partial charge in [-0.25, -0.2) is 4.98 Å². The molecule has 0 aromatic carbocycles. The third kappa shape index (κ3) is 2.89. The lowest BCUT2D eigenvalue weighted by Gasteiger charge is -2.20. The van der Waals surface area contributed by atoms with Crippen LogP contribution >= 0.6 is 38.6 Å². The minimum atomic E-state index is -0.0878. The Kier molecular flexibility index (Phi) is 3.70. The molecule has 3 rings (SSSR count). The molecule has 0 atom stereocenters. The molecular formula is C12H12BrN3OS2. The number of nitrogens with zero attached hydrogens (tertiary/aromatic N) is 2. The molecule has 0 saturated heterocycles. The number of anilines is 1. The lowest BCUT2D eigenvalue weighted by molar-refractivity contribution is 0.103. The van der Waals surface area contributed by atoms with Crippen LogP contribution in [0.2, 0.25) is 0 Å². The summed E-state index contributed by atoms with van der Waals surface area (Å²) in [5.41, 5.74) is 1.13. The first kappa shape index (κ1) is 13.2. The normalized spacial score (nSPS) is 15.3. The van der Waals surface area contributed by atoms with Crippen molar-refractivity contribution in [1.82, 2.24) is 9.88 Å². The summed E-state index contributed by atoms with van der Waals surface area (Å²) in [6.07, 6.45) is 0.961. The number of thiazole rings is 1. The third-order valence-corrected chi connectivity index (χ3v) is 5.56. The van der Waals surface area contributed by atoms with Gasteiger partial charge in [0.05, 0.1) is 14.4 Å². The van der Waals surface area contributed by atoms with E-state index in [9.17, 15) is 4.79 Å². The van der Waals surface area contributed by atoms with Crippen molar-refractivity contribution in [2.75, 3.05) is 18.9 Å². The molecule has 2 aromatic rings. The van der Waals surface area contributed by atoms with Gasteiger partial charge in [0.1, 0.15) is 0 Å². The minimum absolute atomic E-state index is 0.0878. The quantitative estimate of drug-likeness (QED) is 0.897. The Hall–Kier alpha value is -0.760. The minimum Gasteiger partial charge on any atom is -0.301 e. The second-order valence-electron chi connectivity index (χ2n) is 4.43. The molecule has 19 heavy (non-hydrogen) atoms. The summed E-state index contributed by atoms with van der Waals surface area (Å²) in [7, 11) is 2.10. The molecule has 1 aliphatic heterocycles. The van der Waals surface area contributed by atoms with Crippen LogP contribution in [0.1, 0.15) is 20.2 Å². The van der Waals surface area contributed by atoms with Gasteiger partial charge in [0, 0.05) is 24.4 Å². The predicted octanol–water partition coefficient (Wildman–Crippen LogP) is 3.21. The van der Waals surface area contributed by atoms with Crippen molar-refractivity contribution in [3.8, 4) is 0 Å². The predicted molar refractivity (Wildman–Crippen MR) is 82.1 cm³/mol. The molecule has 0 fully saturated rings. The number of likely N-dealkylation sites (N-methyl/N-ethyl adjacent to an activating group) is 1. The number of hydrogen-bond acceptors (Lipinski definition) is 5. The van der Waals surface area contributed by atoms with E-state index < -0.39 is 0 Å². The number of halogens is 1. The highest BCUT2D eigenvalue weighted by atomic mass is 79.9. The van der Waals surface area contributed by atoms with Gasteiger partial charge in [0.2, 0.25) is 0 Å². The van der Waals surface area contributed by atoms with E-state index in [-0.39, 0.29) is 5.91 Å². The lowest BCUT2D eigenvalue weighted by Crippen LogP contribution is -2.25. The van der Waals surface area contributed by atoms with Crippen molar-refractivity contribution in [1.29, 1.82) is 0 Å². The Morgan fingerprint density at radius 1 is 1.47 bits per heavy atom. The SMILES string of the molecule is CN1CCc2nc(NC(=O)c3ccc(Br)s3)sc2C1. The van der Waals surface area contributed by atoms with Crippen molar-refractivity contribution in [2.24, 2.45) is 0 Å².